The minimum atomic E-state index is -0.557. The molecular formula is C28H27ClFN3O2. The second-order valence-corrected chi connectivity index (χ2v) is 8.87. The van der Waals surface area contributed by atoms with Crippen LogP contribution in [0, 0.1) is 5.82 Å². The summed E-state index contributed by atoms with van der Waals surface area (Å²) in [5.41, 5.74) is 1.14. The smallest absolute Gasteiger partial charge is 0.266 e. The topological polar surface area (TPSA) is 55.2 Å². The summed E-state index contributed by atoms with van der Waals surface area (Å²) in [6.45, 7) is 4.43. The van der Waals surface area contributed by atoms with Gasteiger partial charge in [0.1, 0.15) is 11.6 Å². The van der Waals surface area contributed by atoms with Crippen LogP contribution in [0.1, 0.15) is 55.3 Å². The summed E-state index contributed by atoms with van der Waals surface area (Å²) in [5.74, 6) is -0.232. The maximum absolute atomic E-state index is 13.7. The second-order valence-electron chi connectivity index (χ2n) is 8.47. The number of amides is 1. The number of hydrogen-bond donors (Lipinski definition) is 0. The van der Waals surface area contributed by atoms with Crippen molar-refractivity contribution in [1.82, 2.24) is 14.5 Å². The van der Waals surface area contributed by atoms with Crippen molar-refractivity contribution in [3.63, 3.8) is 0 Å². The zero-order chi connectivity index (χ0) is 24.9. The molecule has 0 fully saturated rings. The number of unbranched alkanes of at least 4 members (excludes halogenated alkanes) is 2. The van der Waals surface area contributed by atoms with Crippen LogP contribution in [0.2, 0.25) is 5.02 Å². The highest BCUT2D eigenvalue weighted by molar-refractivity contribution is 6.33. The molecule has 0 spiro atoms. The first-order valence-corrected chi connectivity index (χ1v) is 12.1. The number of fused-ring (bicyclic) bond motifs is 1. The quantitative estimate of drug-likeness (QED) is 0.262. The zero-order valence-corrected chi connectivity index (χ0v) is 20.5. The van der Waals surface area contributed by atoms with Gasteiger partial charge < -0.3 is 4.90 Å². The Morgan fingerprint density at radius 2 is 1.71 bits per heavy atom. The summed E-state index contributed by atoms with van der Waals surface area (Å²) < 4.78 is 15.2. The summed E-state index contributed by atoms with van der Waals surface area (Å²) >= 11 is 6.37. The predicted octanol–water partition coefficient (Wildman–Crippen LogP) is 6.57. The monoisotopic (exact) mass is 491 g/mol. The highest BCUT2D eigenvalue weighted by Crippen LogP contribution is 2.27. The first-order valence-electron chi connectivity index (χ1n) is 11.8. The van der Waals surface area contributed by atoms with Gasteiger partial charge in [0.2, 0.25) is 0 Å². The van der Waals surface area contributed by atoms with Gasteiger partial charge >= 0.3 is 0 Å². The van der Waals surface area contributed by atoms with Gasteiger partial charge in [-0.25, -0.2) is 9.37 Å². The van der Waals surface area contributed by atoms with Gasteiger partial charge in [-0.3, -0.25) is 14.2 Å². The Morgan fingerprint density at radius 1 is 1.03 bits per heavy atom. The molecule has 5 nitrogen and oxygen atoms in total. The number of carbonyl (C=O) groups excluding carboxylic acids is 1. The van der Waals surface area contributed by atoms with Crippen LogP contribution in [-0.2, 0) is 0 Å². The van der Waals surface area contributed by atoms with Crippen molar-refractivity contribution in [2.24, 2.45) is 0 Å². The van der Waals surface area contributed by atoms with Crippen molar-refractivity contribution < 1.29 is 9.18 Å². The summed E-state index contributed by atoms with van der Waals surface area (Å²) in [6.07, 6.45) is 2.75. The lowest BCUT2D eigenvalue weighted by molar-refractivity contribution is 0.0677. The van der Waals surface area contributed by atoms with Crippen molar-refractivity contribution in [3.8, 4) is 5.69 Å². The minimum Gasteiger partial charge on any atom is -0.329 e. The van der Waals surface area contributed by atoms with Gasteiger partial charge in [-0.2, -0.15) is 0 Å². The van der Waals surface area contributed by atoms with Crippen molar-refractivity contribution in [1.29, 1.82) is 0 Å². The van der Waals surface area contributed by atoms with E-state index >= 15 is 0 Å². The Kier molecular flexibility index (Phi) is 7.61. The number of rotatable bonds is 8. The Bertz CT molecular complexity index is 1400. The summed E-state index contributed by atoms with van der Waals surface area (Å²) in [6, 6.07) is 19.2. The first-order chi connectivity index (χ1) is 16.9. The van der Waals surface area contributed by atoms with Crippen LogP contribution in [0.25, 0.3) is 16.6 Å². The van der Waals surface area contributed by atoms with E-state index in [0.29, 0.717) is 39.5 Å². The Balaban J connectivity index is 1.89. The van der Waals surface area contributed by atoms with E-state index in [1.807, 2.05) is 13.0 Å². The van der Waals surface area contributed by atoms with Gasteiger partial charge in [0, 0.05) is 6.54 Å². The molecule has 35 heavy (non-hydrogen) atoms. The number of benzene rings is 3. The van der Waals surface area contributed by atoms with Crippen LogP contribution in [-0.4, -0.2) is 26.9 Å². The number of carbonyl (C=O) groups is 1. The molecule has 1 atom stereocenters. The molecule has 0 N–H and O–H groups in total. The molecule has 1 heterocycles. The van der Waals surface area contributed by atoms with Crippen LogP contribution in [0.5, 0.6) is 0 Å². The summed E-state index contributed by atoms with van der Waals surface area (Å²) in [5, 5.41) is 0.815. The molecule has 1 aromatic heterocycles. The average Bonchev–Trinajstić information content (AvgIpc) is 2.87. The molecule has 0 aliphatic carbocycles. The van der Waals surface area contributed by atoms with Crippen molar-refractivity contribution >= 4 is 28.4 Å². The third-order valence-electron chi connectivity index (χ3n) is 6.10. The van der Waals surface area contributed by atoms with Gasteiger partial charge in [-0.05, 0) is 61.9 Å². The molecule has 0 aliphatic rings. The van der Waals surface area contributed by atoms with Crippen LogP contribution in [0.3, 0.4) is 0 Å². The number of hydrogen-bond acceptors (Lipinski definition) is 3. The number of para-hydroxylation sites is 1. The Hall–Kier alpha value is -3.51. The highest BCUT2D eigenvalue weighted by atomic mass is 35.5. The van der Waals surface area contributed by atoms with Gasteiger partial charge in [-0.1, -0.05) is 55.6 Å². The molecule has 180 valence electrons. The molecule has 0 bridgehead atoms. The molecule has 4 aromatic rings. The lowest BCUT2D eigenvalue weighted by atomic mass is 10.1. The number of nitrogens with zero attached hydrogens (tertiary/aromatic N) is 3. The van der Waals surface area contributed by atoms with Gasteiger partial charge in [0.15, 0.2) is 0 Å². The standard InChI is InChI=1S/C28H27ClFN3O2/c1-3-4-9-18-32(27(34)22-10-5-7-12-24(22)29)19(2)26-31-25-13-8-6-11-23(25)28(35)33(26)21-16-14-20(30)15-17-21/h5-8,10-17,19H,3-4,9,18H2,1-2H3. The fraction of sp³-hybridized carbons (Fsp3) is 0.250. The fourth-order valence-corrected chi connectivity index (χ4v) is 4.42. The third kappa shape index (κ3) is 5.13. The van der Waals surface area contributed by atoms with Crippen LogP contribution >= 0.6 is 11.6 Å². The normalized spacial score (nSPS) is 12.0. The molecule has 1 amide bonds. The molecule has 0 radical (unpaired) electrons. The molecule has 4 rings (SSSR count). The predicted molar refractivity (Wildman–Crippen MR) is 138 cm³/mol. The molecular weight excluding hydrogens is 465 g/mol. The maximum atomic E-state index is 13.7. The molecule has 0 saturated carbocycles. The van der Waals surface area contributed by atoms with E-state index in [9.17, 15) is 14.0 Å². The van der Waals surface area contributed by atoms with Crippen LogP contribution in [0.4, 0.5) is 4.39 Å². The van der Waals surface area contributed by atoms with Crippen molar-refractivity contribution in [2.75, 3.05) is 6.54 Å². The van der Waals surface area contributed by atoms with Crippen molar-refractivity contribution in [2.45, 2.75) is 39.2 Å². The van der Waals surface area contributed by atoms with E-state index in [1.165, 1.54) is 16.7 Å². The lowest BCUT2D eigenvalue weighted by Gasteiger charge is -2.31. The largest absolute Gasteiger partial charge is 0.329 e. The maximum Gasteiger partial charge on any atom is 0.266 e. The van der Waals surface area contributed by atoms with Crippen LogP contribution < -0.4 is 5.56 Å². The zero-order valence-electron chi connectivity index (χ0n) is 19.7. The molecule has 3 aromatic carbocycles. The van der Waals surface area contributed by atoms with E-state index in [1.54, 1.807) is 59.5 Å². The Morgan fingerprint density at radius 3 is 2.43 bits per heavy atom. The third-order valence-corrected chi connectivity index (χ3v) is 6.42. The molecule has 0 aliphatic heterocycles. The van der Waals surface area contributed by atoms with Gasteiger partial charge in [0.05, 0.1) is 33.2 Å². The van der Waals surface area contributed by atoms with Gasteiger partial charge in [0.25, 0.3) is 11.5 Å². The molecule has 1 unspecified atom stereocenters. The first kappa shape index (κ1) is 24.6. The second kappa shape index (κ2) is 10.8. The van der Waals surface area contributed by atoms with E-state index in [2.05, 4.69) is 6.92 Å². The molecule has 7 heteroatoms. The number of aromatic nitrogens is 2. The average molecular weight is 492 g/mol. The van der Waals surface area contributed by atoms with E-state index in [4.69, 9.17) is 16.6 Å². The van der Waals surface area contributed by atoms with E-state index in [0.717, 1.165) is 19.3 Å². The van der Waals surface area contributed by atoms with E-state index < -0.39 is 11.9 Å². The highest BCUT2D eigenvalue weighted by Gasteiger charge is 2.28. The van der Waals surface area contributed by atoms with Gasteiger partial charge in [-0.15, -0.1) is 0 Å². The molecule has 0 saturated heterocycles. The van der Waals surface area contributed by atoms with E-state index in [-0.39, 0.29) is 11.5 Å². The Labute approximate surface area is 208 Å². The summed E-state index contributed by atoms with van der Waals surface area (Å²) in [4.78, 5) is 33.9. The fourth-order valence-electron chi connectivity index (χ4n) is 4.20. The summed E-state index contributed by atoms with van der Waals surface area (Å²) in [7, 11) is 0. The number of halogens is 2. The SMILES string of the molecule is CCCCCN(C(=O)c1ccccc1Cl)C(C)c1nc2ccccc2c(=O)n1-c1ccc(F)cc1. The van der Waals surface area contributed by atoms with Crippen molar-refractivity contribution in [3.05, 3.63) is 105 Å². The lowest BCUT2D eigenvalue weighted by Crippen LogP contribution is -2.38. The van der Waals surface area contributed by atoms with Crippen LogP contribution in [0.15, 0.2) is 77.6 Å². The minimum absolute atomic E-state index is 0.229.